The molecule has 8 nitrogen and oxygen atoms in total. The van der Waals surface area contributed by atoms with Gasteiger partial charge in [-0.25, -0.2) is 0 Å². The Hall–Kier alpha value is -3.39. The molecule has 2 aromatic carbocycles. The maximum absolute atomic E-state index is 13.4. The molecule has 1 aliphatic heterocycles. The SMILES string of the molecule is CCC(C)[C@@H]1NC[C@@H](C)Oc2ccccc2CCCNC(=O)[C@@H](Cc2ccccc2)NC(=O)CN(C)C1=O. The lowest BCUT2D eigenvalue weighted by Gasteiger charge is -2.30. The number of amides is 3. The molecule has 3 amide bonds. The van der Waals surface area contributed by atoms with Crippen LogP contribution in [0.2, 0.25) is 0 Å². The zero-order valence-corrected chi connectivity index (χ0v) is 23.0. The zero-order valence-electron chi connectivity index (χ0n) is 23.0. The molecule has 3 rings (SSSR count). The van der Waals surface area contributed by atoms with Crippen LogP contribution in [0, 0.1) is 5.92 Å². The quantitative estimate of drug-likeness (QED) is 0.574. The fourth-order valence-electron chi connectivity index (χ4n) is 4.59. The lowest BCUT2D eigenvalue weighted by atomic mass is 9.97. The molecule has 2 aromatic rings. The third-order valence-electron chi connectivity index (χ3n) is 7.02. The van der Waals surface area contributed by atoms with Gasteiger partial charge < -0.3 is 25.6 Å². The summed E-state index contributed by atoms with van der Waals surface area (Å²) in [6.45, 7) is 6.87. The van der Waals surface area contributed by atoms with Gasteiger partial charge in [0.25, 0.3) is 0 Å². The van der Waals surface area contributed by atoms with E-state index >= 15 is 0 Å². The first-order chi connectivity index (χ1) is 18.3. The molecule has 1 aliphatic rings. The van der Waals surface area contributed by atoms with E-state index in [-0.39, 0.29) is 36.3 Å². The molecule has 0 fully saturated rings. The molecule has 1 unspecified atom stereocenters. The first-order valence-corrected chi connectivity index (χ1v) is 13.6. The van der Waals surface area contributed by atoms with E-state index < -0.39 is 12.1 Å². The first-order valence-electron chi connectivity index (χ1n) is 13.6. The van der Waals surface area contributed by atoms with Gasteiger partial charge in [-0.3, -0.25) is 14.4 Å². The Kier molecular flexibility index (Phi) is 11.1. The fourth-order valence-corrected chi connectivity index (χ4v) is 4.59. The summed E-state index contributed by atoms with van der Waals surface area (Å²) in [6, 6.07) is 16.3. The number of rotatable bonds is 4. The van der Waals surface area contributed by atoms with E-state index in [1.165, 1.54) is 4.90 Å². The van der Waals surface area contributed by atoms with E-state index in [1.807, 2.05) is 75.4 Å². The molecule has 38 heavy (non-hydrogen) atoms. The van der Waals surface area contributed by atoms with Crippen LogP contribution >= 0.6 is 0 Å². The van der Waals surface area contributed by atoms with Crippen molar-refractivity contribution in [2.45, 2.75) is 64.6 Å². The number of nitrogens with one attached hydrogen (secondary N) is 3. The number of carbonyl (C=O) groups excluding carboxylic acids is 3. The van der Waals surface area contributed by atoms with Crippen molar-refractivity contribution in [3.63, 3.8) is 0 Å². The number of para-hydroxylation sites is 1. The zero-order chi connectivity index (χ0) is 27.5. The van der Waals surface area contributed by atoms with Gasteiger partial charge in [0.05, 0.1) is 12.6 Å². The molecule has 0 bridgehead atoms. The summed E-state index contributed by atoms with van der Waals surface area (Å²) in [6.07, 6.45) is 2.48. The molecule has 0 spiro atoms. The van der Waals surface area contributed by atoms with Crippen molar-refractivity contribution in [2.75, 3.05) is 26.7 Å². The number of fused-ring (bicyclic) bond motifs is 1. The molecular formula is C30H42N4O4. The Labute approximate surface area is 226 Å². The molecule has 0 saturated carbocycles. The standard InChI is InChI=1S/C30H42N4O4/c1-5-21(2)28-30(37)34(4)20-27(35)33-25(18-23-12-7-6-8-13-23)29(36)31-17-11-15-24-14-9-10-16-26(24)38-22(3)19-32-28/h6-10,12-14,16,21-22,25,28,32H,5,11,15,17-20H2,1-4H3,(H,31,36)(H,33,35)/t21?,22-,25-,28+/m1/s1. The lowest BCUT2D eigenvalue weighted by molar-refractivity contribution is -0.138. The normalized spacial score (nSPS) is 23.2. The molecule has 206 valence electrons. The lowest BCUT2D eigenvalue weighted by Crippen LogP contribution is -2.54. The van der Waals surface area contributed by atoms with Crippen LogP contribution < -0.4 is 20.7 Å². The van der Waals surface area contributed by atoms with Gasteiger partial charge in [0.1, 0.15) is 17.9 Å². The average Bonchev–Trinajstić information content (AvgIpc) is 2.91. The predicted octanol–water partition coefficient (Wildman–Crippen LogP) is 2.71. The van der Waals surface area contributed by atoms with Crippen LogP contribution in [0.25, 0.3) is 0 Å². The van der Waals surface area contributed by atoms with Crippen molar-refractivity contribution in [1.82, 2.24) is 20.9 Å². The van der Waals surface area contributed by atoms with Crippen LogP contribution in [0.3, 0.4) is 0 Å². The van der Waals surface area contributed by atoms with E-state index in [0.29, 0.717) is 19.5 Å². The van der Waals surface area contributed by atoms with Crippen LogP contribution in [0.1, 0.15) is 44.7 Å². The number of hydrogen-bond acceptors (Lipinski definition) is 5. The van der Waals surface area contributed by atoms with Crippen LogP contribution in [0.4, 0.5) is 0 Å². The second kappa shape index (κ2) is 14.5. The van der Waals surface area contributed by atoms with E-state index in [0.717, 1.165) is 36.1 Å². The van der Waals surface area contributed by atoms with Crippen molar-refractivity contribution in [1.29, 1.82) is 0 Å². The number of ether oxygens (including phenoxy) is 1. The number of benzene rings is 2. The van der Waals surface area contributed by atoms with Crippen LogP contribution in [0.15, 0.2) is 54.6 Å². The molecule has 0 aliphatic carbocycles. The van der Waals surface area contributed by atoms with Crippen molar-refractivity contribution < 1.29 is 19.1 Å². The highest BCUT2D eigenvalue weighted by Gasteiger charge is 2.29. The molecule has 8 heteroatoms. The van der Waals surface area contributed by atoms with Crippen molar-refractivity contribution in [3.8, 4) is 5.75 Å². The van der Waals surface area contributed by atoms with E-state index in [9.17, 15) is 14.4 Å². The van der Waals surface area contributed by atoms with Crippen molar-refractivity contribution in [3.05, 3.63) is 65.7 Å². The maximum atomic E-state index is 13.4. The molecule has 4 atom stereocenters. The Morgan fingerprint density at radius 1 is 1.05 bits per heavy atom. The number of hydrogen-bond donors (Lipinski definition) is 3. The molecule has 1 heterocycles. The second-order valence-electron chi connectivity index (χ2n) is 10.2. The van der Waals surface area contributed by atoms with Crippen molar-refractivity contribution >= 4 is 17.7 Å². The molecule has 0 radical (unpaired) electrons. The van der Waals surface area contributed by atoms with Gasteiger partial charge in [0, 0.05) is 26.6 Å². The summed E-state index contributed by atoms with van der Waals surface area (Å²) in [5.74, 6) is 0.107. The summed E-state index contributed by atoms with van der Waals surface area (Å²) in [4.78, 5) is 40.9. The van der Waals surface area contributed by atoms with E-state index in [2.05, 4.69) is 16.0 Å². The second-order valence-corrected chi connectivity index (χ2v) is 10.2. The smallest absolute Gasteiger partial charge is 0.242 e. The Morgan fingerprint density at radius 3 is 2.50 bits per heavy atom. The highest BCUT2D eigenvalue weighted by molar-refractivity contribution is 5.91. The van der Waals surface area contributed by atoms with Gasteiger partial charge in [-0.1, -0.05) is 68.8 Å². The number of carbonyl (C=O) groups is 3. The predicted molar refractivity (Wildman–Crippen MR) is 149 cm³/mol. The maximum Gasteiger partial charge on any atom is 0.242 e. The minimum atomic E-state index is -0.743. The summed E-state index contributed by atoms with van der Waals surface area (Å²) < 4.78 is 6.25. The third kappa shape index (κ3) is 8.58. The Bertz CT molecular complexity index is 1060. The van der Waals surface area contributed by atoms with E-state index in [4.69, 9.17) is 4.74 Å². The fraction of sp³-hybridized carbons (Fsp3) is 0.500. The van der Waals surface area contributed by atoms with Gasteiger partial charge in [0.15, 0.2) is 0 Å². The van der Waals surface area contributed by atoms with Gasteiger partial charge in [-0.15, -0.1) is 0 Å². The molecule has 0 saturated heterocycles. The highest BCUT2D eigenvalue weighted by atomic mass is 16.5. The van der Waals surface area contributed by atoms with Crippen molar-refractivity contribution in [2.24, 2.45) is 5.92 Å². The monoisotopic (exact) mass is 522 g/mol. The number of nitrogens with zero attached hydrogens (tertiary/aromatic N) is 1. The molecular weight excluding hydrogens is 480 g/mol. The summed E-state index contributed by atoms with van der Waals surface area (Å²) in [5, 5.41) is 9.23. The largest absolute Gasteiger partial charge is 0.489 e. The summed E-state index contributed by atoms with van der Waals surface area (Å²) >= 11 is 0. The summed E-state index contributed by atoms with van der Waals surface area (Å²) in [7, 11) is 1.62. The highest BCUT2D eigenvalue weighted by Crippen LogP contribution is 2.21. The Morgan fingerprint density at radius 2 is 1.76 bits per heavy atom. The average molecular weight is 523 g/mol. The van der Waals surface area contributed by atoms with Gasteiger partial charge in [0.2, 0.25) is 17.7 Å². The summed E-state index contributed by atoms with van der Waals surface area (Å²) in [5.41, 5.74) is 2.01. The first kappa shape index (κ1) is 29.2. The third-order valence-corrected chi connectivity index (χ3v) is 7.02. The van der Waals surface area contributed by atoms with Crippen LogP contribution in [0.5, 0.6) is 5.75 Å². The number of aryl methyl sites for hydroxylation is 1. The van der Waals surface area contributed by atoms with Crippen LogP contribution in [-0.4, -0.2) is 67.5 Å². The van der Waals surface area contributed by atoms with Gasteiger partial charge >= 0.3 is 0 Å². The van der Waals surface area contributed by atoms with E-state index in [1.54, 1.807) is 7.05 Å². The van der Waals surface area contributed by atoms with Crippen LogP contribution in [-0.2, 0) is 27.2 Å². The minimum Gasteiger partial charge on any atom is -0.489 e. The minimum absolute atomic E-state index is 0.0645. The number of likely N-dealkylation sites (N-methyl/N-ethyl adjacent to an activating group) is 1. The molecule has 3 N–H and O–H groups in total. The Balaban J connectivity index is 1.83. The topological polar surface area (TPSA) is 99.8 Å². The van der Waals surface area contributed by atoms with Gasteiger partial charge in [-0.05, 0) is 42.9 Å². The molecule has 0 aromatic heterocycles. The van der Waals surface area contributed by atoms with Gasteiger partial charge in [-0.2, -0.15) is 0 Å².